The standard InChI is InChI=1S/C12H16N2O5/c1-2-18-7-8-19-11-5-3-10(4-6-11)13-12(15)9-14(16)17/h3-6H,2,7-9H2,1H3,(H,13,15). The van der Waals surface area contributed by atoms with Gasteiger partial charge in [0.1, 0.15) is 12.4 Å². The molecule has 0 aliphatic rings. The number of carbonyl (C=O) groups excluding carboxylic acids is 1. The van der Waals surface area contributed by atoms with Gasteiger partial charge < -0.3 is 14.8 Å². The molecule has 1 N–H and O–H groups in total. The zero-order valence-corrected chi connectivity index (χ0v) is 10.6. The van der Waals surface area contributed by atoms with E-state index in [9.17, 15) is 14.9 Å². The Balaban J connectivity index is 2.38. The lowest BCUT2D eigenvalue weighted by Gasteiger charge is -2.07. The van der Waals surface area contributed by atoms with Gasteiger partial charge in [0.25, 0.3) is 12.5 Å². The molecular formula is C12H16N2O5. The molecule has 0 aromatic heterocycles. The maximum absolute atomic E-state index is 11.2. The lowest BCUT2D eigenvalue weighted by molar-refractivity contribution is -0.467. The Kier molecular flexibility index (Phi) is 6.31. The summed E-state index contributed by atoms with van der Waals surface area (Å²) in [5, 5.41) is 12.6. The monoisotopic (exact) mass is 268 g/mol. The van der Waals surface area contributed by atoms with Gasteiger partial charge in [-0.05, 0) is 31.2 Å². The van der Waals surface area contributed by atoms with Crippen molar-refractivity contribution in [3.05, 3.63) is 34.4 Å². The predicted octanol–water partition coefficient (Wildman–Crippen LogP) is 1.32. The summed E-state index contributed by atoms with van der Waals surface area (Å²) in [5.41, 5.74) is 0.490. The molecule has 0 aliphatic carbocycles. The number of nitro groups is 1. The molecule has 1 amide bonds. The minimum absolute atomic E-state index is 0.445. The summed E-state index contributed by atoms with van der Waals surface area (Å²) in [6, 6.07) is 6.59. The van der Waals surface area contributed by atoms with Crippen molar-refractivity contribution in [1.29, 1.82) is 0 Å². The highest BCUT2D eigenvalue weighted by molar-refractivity contribution is 5.91. The van der Waals surface area contributed by atoms with Crippen LogP contribution < -0.4 is 10.1 Å². The number of benzene rings is 1. The van der Waals surface area contributed by atoms with E-state index in [1.807, 2.05) is 6.92 Å². The maximum atomic E-state index is 11.2. The van der Waals surface area contributed by atoms with Gasteiger partial charge in [-0.15, -0.1) is 0 Å². The average Bonchev–Trinajstić information content (AvgIpc) is 2.35. The fourth-order valence-electron chi connectivity index (χ4n) is 1.32. The molecule has 0 aliphatic heterocycles. The first-order chi connectivity index (χ1) is 9.11. The lowest BCUT2D eigenvalue weighted by Crippen LogP contribution is -2.21. The second kappa shape index (κ2) is 8.04. The number of amides is 1. The summed E-state index contributed by atoms with van der Waals surface area (Å²) in [5.74, 6) is -0.0120. The van der Waals surface area contributed by atoms with Gasteiger partial charge in [-0.25, -0.2) is 0 Å². The van der Waals surface area contributed by atoms with E-state index < -0.39 is 17.4 Å². The predicted molar refractivity (Wildman–Crippen MR) is 68.9 cm³/mol. The van der Waals surface area contributed by atoms with E-state index in [1.54, 1.807) is 24.3 Å². The van der Waals surface area contributed by atoms with Crippen LogP contribution in [0.2, 0.25) is 0 Å². The van der Waals surface area contributed by atoms with Crippen molar-refractivity contribution in [3.8, 4) is 5.75 Å². The molecule has 0 saturated heterocycles. The van der Waals surface area contributed by atoms with Crippen LogP contribution in [-0.4, -0.2) is 37.2 Å². The molecule has 1 rings (SSSR count). The topological polar surface area (TPSA) is 90.7 Å². The summed E-state index contributed by atoms with van der Waals surface area (Å²) in [6.45, 7) is 2.76. The minimum atomic E-state index is -0.743. The van der Waals surface area contributed by atoms with Gasteiger partial charge in [0.05, 0.1) is 6.61 Å². The smallest absolute Gasteiger partial charge is 0.296 e. The highest BCUT2D eigenvalue weighted by atomic mass is 16.6. The number of anilines is 1. The van der Waals surface area contributed by atoms with E-state index in [0.717, 1.165) is 0 Å². The zero-order valence-electron chi connectivity index (χ0n) is 10.6. The Morgan fingerprint density at radius 2 is 2.00 bits per heavy atom. The molecule has 19 heavy (non-hydrogen) atoms. The molecule has 0 atom stereocenters. The molecule has 7 heteroatoms. The van der Waals surface area contributed by atoms with Crippen molar-refractivity contribution < 1.29 is 19.2 Å². The minimum Gasteiger partial charge on any atom is -0.491 e. The zero-order chi connectivity index (χ0) is 14.1. The first kappa shape index (κ1) is 14.9. The molecule has 0 radical (unpaired) electrons. The largest absolute Gasteiger partial charge is 0.491 e. The molecule has 104 valence electrons. The van der Waals surface area contributed by atoms with Crippen molar-refractivity contribution in [3.63, 3.8) is 0 Å². The summed E-state index contributed by atoms with van der Waals surface area (Å²) in [6.07, 6.45) is 0. The molecule has 0 heterocycles. The number of nitrogens with zero attached hydrogens (tertiary/aromatic N) is 1. The van der Waals surface area contributed by atoms with Crippen LogP contribution in [0.25, 0.3) is 0 Å². The van der Waals surface area contributed by atoms with Crippen LogP contribution in [0.3, 0.4) is 0 Å². The van der Waals surface area contributed by atoms with E-state index in [-0.39, 0.29) is 0 Å². The Morgan fingerprint density at radius 3 is 2.58 bits per heavy atom. The third-order valence-corrected chi connectivity index (χ3v) is 2.11. The van der Waals surface area contributed by atoms with Gasteiger partial charge in [-0.3, -0.25) is 14.9 Å². The summed E-state index contributed by atoms with van der Waals surface area (Å²) in [4.78, 5) is 20.6. The van der Waals surface area contributed by atoms with E-state index in [4.69, 9.17) is 9.47 Å². The van der Waals surface area contributed by atoms with Crippen LogP contribution in [0.4, 0.5) is 5.69 Å². The number of hydrogen-bond donors (Lipinski definition) is 1. The van der Waals surface area contributed by atoms with Crippen LogP contribution in [0.15, 0.2) is 24.3 Å². The Morgan fingerprint density at radius 1 is 1.32 bits per heavy atom. The number of carbonyl (C=O) groups is 1. The van der Waals surface area contributed by atoms with E-state index in [1.165, 1.54) is 0 Å². The summed E-state index contributed by atoms with van der Waals surface area (Å²) >= 11 is 0. The third-order valence-electron chi connectivity index (χ3n) is 2.11. The molecule has 0 spiro atoms. The van der Waals surface area contributed by atoms with Crippen LogP contribution in [-0.2, 0) is 9.53 Å². The van der Waals surface area contributed by atoms with E-state index in [2.05, 4.69) is 5.32 Å². The van der Waals surface area contributed by atoms with E-state index >= 15 is 0 Å². The van der Waals surface area contributed by atoms with Gasteiger partial charge in [-0.2, -0.15) is 0 Å². The molecule has 1 aromatic rings. The van der Waals surface area contributed by atoms with Crippen molar-refractivity contribution in [2.45, 2.75) is 6.92 Å². The second-order valence-electron chi connectivity index (χ2n) is 3.61. The number of ether oxygens (including phenoxy) is 2. The molecule has 0 unspecified atom stereocenters. The van der Waals surface area contributed by atoms with Crippen LogP contribution in [0.5, 0.6) is 5.75 Å². The van der Waals surface area contributed by atoms with Gasteiger partial charge in [0.2, 0.25) is 0 Å². The summed E-state index contributed by atoms with van der Waals surface area (Å²) < 4.78 is 10.5. The Labute approximate surface area is 110 Å². The average molecular weight is 268 g/mol. The SMILES string of the molecule is CCOCCOc1ccc(NC(=O)C[N+](=O)[O-])cc1. The Bertz CT molecular complexity index is 419. The normalized spacial score (nSPS) is 9.95. The Hall–Kier alpha value is -2.15. The van der Waals surface area contributed by atoms with Crippen LogP contribution >= 0.6 is 0 Å². The van der Waals surface area contributed by atoms with Crippen LogP contribution in [0.1, 0.15) is 6.92 Å². The second-order valence-corrected chi connectivity index (χ2v) is 3.61. The highest BCUT2D eigenvalue weighted by Gasteiger charge is 2.09. The van der Waals surface area contributed by atoms with Crippen molar-refractivity contribution in [2.75, 3.05) is 31.7 Å². The number of nitrogens with one attached hydrogen (secondary N) is 1. The summed E-state index contributed by atoms with van der Waals surface area (Å²) in [7, 11) is 0. The van der Waals surface area contributed by atoms with Crippen molar-refractivity contribution >= 4 is 11.6 Å². The lowest BCUT2D eigenvalue weighted by atomic mass is 10.3. The third kappa shape index (κ3) is 6.37. The van der Waals surface area contributed by atoms with Crippen molar-refractivity contribution in [1.82, 2.24) is 0 Å². The van der Waals surface area contributed by atoms with Gasteiger partial charge >= 0.3 is 0 Å². The first-order valence-electron chi connectivity index (χ1n) is 5.84. The number of rotatable bonds is 8. The molecular weight excluding hydrogens is 252 g/mol. The van der Waals surface area contributed by atoms with Crippen molar-refractivity contribution in [2.24, 2.45) is 0 Å². The fraction of sp³-hybridized carbons (Fsp3) is 0.417. The molecule has 1 aromatic carbocycles. The van der Waals surface area contributed by atoms with Gasteiger partial charge in [0.15, 0.2) is 0 Å². The molecule has 0 saturated carbocycles. The number of hydrogen-bond acceptors (Lipinski definition) is 5. The highest BCUT2D eigenvalue weighted by Crippen LogP contribution is 2.15. The quantitative estimate of drug-likeness (QED) is 0.436. The molecule has 0 bridgehead atoms. The molecule has 7 nitrogen and oxygen atoms in total. The van der Waals surface area contributed by atoms with E-state index in [0.29, 0.717) is 31.3 Å². The molecule has 0 fully saturated rings. The van der Waals surface area contributed by atoms with Crippen LogP contribution in [0, 0.1) is 10.1 Å². The van der Waals surface area contributed by atoms with Gasteiger partial charge in [-0.1, -0.05) is 0 Å². The first-order valence-corrected chi connectivity index (χ1v) is 5.84. The van der Waals surface area contributed by atoms with Gasteiger partial charge in [0, 0.05) is 17.2 Å². The fourth-order valence-corrected chi connectivity index (χ4v) is 1.32. The maximum Gasteiger partial charge on any atom is 0.296 e.